The van der Waals surface area contributed by atoms with Crippen LogP contribution >= 0.6 is 11.8 Å². The highest BCUT2D eigenvalue weighted by molar-refractivity contribution is 7.99. The standard InChI is InChI=1S/C13H25N5O2S/c1-3-6-21-13-16-11(10(14)12(17-13)20-2)15-8-4-5-9(7-8)18-19/h8-9,11,13,15-17H,3-7,14H2,1-2H3/t8-,9+,11?,13?/m0/s1. The third kappa shape index (κ3) is 4.24. The maximum atomic E-state index is 10.6. The minimum Gasteiger partial charge on any atom is -0.481 e. The molecule has 120 valence electrons. The minimum absolute atomic E-state index is 0.0612. The predicted molar refractivity (Wildman–Crippen MR) is 85.2 cm³/mol. The smallest absolute Gasteiger partial charge is 0.210 e. The van der Waals surface area contributed by atoms with Gasteiger partial charge in [0, 0.05) is 6.04 Å². The highest BCUT2D eigenvalue weighted by Gasteiger charge is 2.32. The highest BCUT2D eigenvalue weighted by atomic mass is 32.2. The van der Waals surface area contributed by atoms with E-state index in [9.17, 15) is 4.91 Å². The molecule has 2 aliphatic rings. The molecule has 7 nitrogen and oxygen atoms in total. The lowest BCUT2D eigenvalue weighted by Crippen LogP contribution is -2.60. The number of rotatable bonds is 7. The summed E-state index contributed by atoms with van der Waals surface area (Å²) in [5, 5.41) is 13.3. The summed E-state index contributed by atoms with van der Waals surface area (Å²) in [6.45, 7) is 2.15. The molecule has 0 radical (unpaired) electrons. The normalized spacial score (nSPS) is 32.9. The van der Waals surface area contributed by atoms with Crippen LogP contribution in [0, 0.1) is 4.91 Å². The van der Waals surface area contributed by atoms with Gasteiger partial charge in [-0.05, 0) is 31.4 Å². The summed E-state index contributed by atoms with van der Waals surface area (Å²) < 4.78 is 5.33. The van der Waals surface area contributed by atoms with Gasteiger partial charge in [-0.3, -0.25) is 10.6 Å². The SMILES string of the molecule is CCCSC1NC(OC)=C(N)C(N[C@H]2CC[C@@H](N=O)C2)N1. The molecule has 8 heteroatoms. The van der Waals surface area contributed by atoms with Gasteiger partial charge < -0.3 is 15.8 Å². The largest absolute Gasteiger partial charge is 0.481 e. The van der Waals surface area contributed by atoms with Crippen LogP contribution in [0.15, 0.2) is 16.8 Å². The number of nitrogens with zero attached hydrogens (tertiary/aromatic N) is 1. The van der Waals surface area contributed by atoms with Crippen LogP contribution < -0.4 is 21.7 Å². The Morgan fingerprint density at radius 1 is 1.52 bits per heavy atom. The first-order valence-electron chi connectivity index (χ1n) is 7.44. The lowest BCUT2D eigenvalue weighted by molar-refractivity contribution is 0.219. The van der Waals surface area contributed by atoms with Gasteiger partial charge in [0.25, 0.3) is 0 Å². The molecule has 1 heterocycles. The zero-order valence-corrected chi connectivity index (χ0v) is 13.4. The molecule has 2 rings (SSSR count). The van der Waals surface area contributed by atoms with Crippen molar-refractivity contribution in [2.45, 2.75) is 56.4 Å². The molecule has 1 fully saturated rings. The van der Waals surface area contributed by atoms with Crippen molar-refractivity contribution in [2.24, 2.45) is 10.9 Å². The van der Waals surface area contributed by atoms with E-state index in [2.05, 4.69) is 28.1 Å². The lowest BCUT2D eigenvalue weighted by Gasteiger charge is -2.35. The van der Waals surface area contributed by atoms with Crippen LogP contribution in [-0.2, 0) is 4.74 Å². The zero-order valence-electron chi connectivity index (χ0n) is 12.6. The van der Waals surface area contributed by atoms with Crippen LogP contribution in [0.5, 0.6) is 0 Å². The van der Waals surface area contributed by atoms with Gasteiger partial charge in [0.15, 0.2) is 0 Å². The maximum Gasteiger partial charge on any atom is 0.210 e. The highest BCUT2D eigenvalue weighted by Crippen LogP contribution is 2.24. The van der Waals surface area contributed by atoms with E-state index < -0.39 is 0 Å². The fourth-order valence-corrected chi connectivity index (χ4v) is 3.59. The molecule has 0 aromatic rings. The van der Waals surface area contributed by atoms with E-state index in [4.69, 9.17) is 10.5 Å². The first kappa shape index (κ1) is 16.4. The van der Waals surface area contributed by atoms with Crippen LogP contribution in [0.4, 0.5) is 0 Å². The van der Waals surface area contributed by atoms with Crippen molar-refractivity contribution in [3.8, 4) is 0 Å². The monoisotopic (exact) mass is 315 g/mol. The molecule has 1 aliphatic heterocycles. The summed E-state index contributed by atoms with van der Waals surface area (Å²) in [7, 11) is 1.61. The van der Waals surface area contributed by atoms with Crippen molar-refractivity contribution in [3.05, 3.63) is 16.5 Å². The molecule has 4 atom stereocenters. The minimum atomic E-state index is -0.147. The number of hydrogen-bond acceptors (Lipinski definition) is 8. The van der Waals surface area contributed by atoms with Gasteiger partial charge in [0.1, 0.15) is 17.4 Å². The Hall–Kier alpha value is -0.990. The second kappa shape index (κ2) is 7.86. The summed E-state index contributed by atoms with van der Waals surface area (Å²) in [6.07, 6.45) is 3.54. The molecule has 0 aromatic heterocycles. The van der Waals surface area contributed by atoms with Gasteiger partial charge in [-0.2, -0.15) is 4.91 Å². The van der Waals surface area contributed by atoms with E-state index in [0.717, 1.165) is 31.4 Å². The lowest BCUT2D eigenvalue weighted by atomic mass is 10.2. The van der Waals surface area contributed by atoms with Gasteiger partial charge in [0.05, 0.1) is 13.2 Å². The molecule has 1 aliphatic carbocycles. The van der Waals surface area contributed by atoms with Gasteiger partial charge in [-0.1, -0.05) is 12.1 Å². The van der Waals surface area contributed by atoms with E-state index in [1.807, 2.05) is 0 Å². The molecule has 0 amide bonds. The summed E-state index contributed by atoms with van der Waals surface area (Å²) >= 11 is 1.78. The third-order valence-corrected chi connectivity index (χ3v) is 5.03. The van der Waals surface area contributed by atoms with Crippen molar-refractivity contribution in [1.82, 2.24) is 16.0 Å². The fraction of sp³-hybridized carbons (Fsp3) is 0.846. The molecule has 2 unspecified atom stereocenters. The molecule has 0 saturated heterocycles. The third-order valence-electron chi connectivity index (χ3n) is 3.80. The predicted octanol–water partition coefficient (Wildman–Crippen LogP) is 0.983. The van der Waals surface area contributed by atoms with Crippen LogP contribution in [0.3, 0.4) is 0 Å². The average molecular weight is 315 g/mol. The van der Waals surface area contributed by atoms with Gasteiger partial charge in [-0.15, -0.1) is 11.8 Å². The summed E-state index contributed by atoms with van der Waals surface area (Å²) in [6, 6.07) is 0.193. The van der Waals surface area contributed by atoms with Crippen molar-refractivity contribution in [1.29, 1.82) is 0 Å². The number of thioether (sulfide) groups is 1. The van der Waals surface area contributed by atoms with Crippen molar-refractivity contribution in [2.75, 3.05) is 12.9 Å². The molecule has 0 bridgehead atoms. The van der Waals surface area contributed by atoms with Crippen molar-refractivity contribution in [3.63, 3.8) is 0 Å². The number of nitrogens with two attached hydrogens (primary N) is 1. The van der Waals surface area contributed by atoms with Gasteiger partial charge in [-0.25, -0.2) is 0 Å². The number of hydrogen-bond donors (Lipinski definition) is 4. The topological polar surface area (TPSA) is 101 Å². The van der Waals surface area contributed by atoms with E-state index in [-0.39, 0.29) is 23.7 Å². The summed E-state index contributed by atoms with van der Waals surface area (Å²) in [4.78, 5) is 10.6. The van der Waals surface area contributed by atoms with E-state index in [0.29, 0.717) is 11.6 Å². The Balaban J connectivity index is 1.97. The second-order valence-electron chi connectivity index (χ2n) is 5.42. The Morgan fingerprint density at radius 2 is 2.33 bits per heavy atom. The summed E-state index contributed by atoms with van der Waals surface area (Å²) in [5.41, 5.74) is 6.82. The summed E-state index contributed by atoms with van der Waals surface area (Å²) in [5.74, 6) is 1.66. The maximum absolute atomic E-state index is 10.6. The molecular formula is C13H25N5O2S. The molecule has 1 saturated carbocycles. The average Bonchev–Trinajstić information content (AvgIpc) is 2.95. The zero-order chi connectivity index (χ0) is 15.2. The van der Waals surface area contributed by atoms with Gasteiger partial charge in [0.2, 0.25) is 5.88 Å². The molecule has 5 N–H and O–H groups in total. The molecular weight excluding hydrogens is 290 g/mol. The Bertz CT molecular complexity index is 393. The Morgan fingerprint density at radius 3 is 2.95 bits per heavy atom. The number of ether oxygens (including phenoxy) is 1. The number of nitroso groups, excluding NO2 is 1. The first-order chi connectivity index (χ1) is 10.2. The van der Waals surface area contributed by atoms with Crippen LogP contribution in [0.25, 0.3) is 0 Å². The Labute approximate surface area is 129 Å². The van der Waals surface area contributed by atoms with Crippen molar-refractivity contribution >= 4 is 11.8 Å². The van der Waals surface area contributed by atoms with Crippen molar-refractivity contribution < 1.29 is 4.74 Å². The van der Waals surface area contributed by atoms with E-state index in [1.54, 1.807) is 18.9 Å². The quantitative estimate of drug-likeness (QED) is 0.520. The fourth-order valence-electron chi connectivity index (χ4n) is 2.70. The van der Waals surface area contributed by atoms with Crippen LogP contribution in [0.1, 0.15) is 32.6 Å². The Kier molecular flexibility index (Phi) is 6.13. The van der Waals surface area contributed by atoms with E-state index >= 15 is 0 Å². The molecule has 0 spiro atoms. The van der Waals surface area contributed by atoms with E-state index in [1.165, 1.54) is 0 Å². The molecule has 0 aromatic carbocycles. The van der Waals surface area contributed by atoms with Crippen LogP contribution in [-0.4, -0.2) is 36.6 Å². The van der Waals surface area contributed by atoms with Gasteiger partial charge >= 0.3 is 0 Å². The number of nitrogens with one attached hydrogen (secondary N) is 3. The second-order valence-corrected chi connectivity index (χ2v) is 6.63. The number of methoxy groups -OCH3 is 1. The first-order valence-corrected chi connectivity index (χ1v) is 8.49. The molecule has 21 heavy (non-hydrogen) atoms. The van der Waals surface area contributed by atoms with Crippen LogP contribution in [0.2, 0.25) is 0 Å².